The number of aryl methyl sites for hydroxylation is 2. The summed E-state index contributed by atoms with van der Waals surface area (Å²) in [5, 5.41) is 0. The van der Waals surface area contributed by atoms with Gasteiger partial charge in [0.2, 0.25) is 0 Å². The number of nitrogens with two attached hydrogens (primary N) is 1. The van der Waals surface area contributed by atoms with Crippen molar-refractivity contribution >= 4 is 17.2 Å². The molecule has 0 saturated carbocycles. The largest absolute Gasteiger partial charge is 0.457 e. The third-order valence-electron chi connectivity index (χ3n) is 2.98. The maximum atomic E-state index is 5.91. The van der Waals surface area contributed by atoms with Gasteiger partial charge in [-0.2, -0.15) is 0 Å². The van der Waals surface area contributed by atoms with Crippen LogP contribution in [0, 0.1) is 20.8 Å². The summed E-state index contributed by atoms with van der Waals surface area (Å²) in [5.74, 6) is 1.53. The van der Waals surface area contributed by atoms with Crippen LogP contribution in [0.5, 0.6) is 11.5 Å². The lowest BCUT2D eigenvalue weighted by molar-refractivity contribution is 0.477. The summed E-state index contributed by atoms with van der Waals surface area (Å²) in [6, 6.07) is 7.69. The first-order valence-corrected chi connectivity index (χ1v) is 6.40. The van der Waals surface area contributed by atoms with E-state index in [1.165, 1.54) is 11.1 Å². The molecule has 0 atom stereocenters. The van der Waals surface area contributed by atoms with E-state index in [0.29, 0.717) is 11.4 Å². The number of rotatable bonds is 3. The van der Waals surface area contributed by atoms with Crippen molar-refractivity contribution in [3.63, 3.8) is 0 Å². The van der Waals surface area contributed by atoms with Crippen molar-refractivity contribution in [1.82, 2.24) is 4.98 Å². The normalized spacial score (nSPS) is 10.3. The first kappa shape index (κ1) is 13.5. The number of aromatic nitrogens is 1. The van der Waals surface area contributed by atoms with Gasteiger partial charge in [0.25, 0.3) is 0 Å². The number of thiocarbonyl (C=S) groups is 1. The van der Waals surface area contributed by atoms with Gasteiger partial charge in [-0.3, -0.25) is 4.98 Å². The van der Waals surface area contributed by atoms with Crippen molar-refractivity contribution < 1.29 is 4.74 Å². The quantitative estimate of drug-likeness (QED) is 0.870. The van der Waals surface area contributed by atoms with Crippen LogP contribution in [0.3, 0.4) is 0 Å². The molecule has 2 N–H and O–H groups in total. The fourth-order valence-corrected chi connectivity index (χ4v) is 1.95. The molecule has 0 bridgehead atoms. The maximum absolute atomic E-state index is 5.91. The Balaban J connectivity index is 2.36. The second-order valence-electron chi connectivity index (χ2n) is 4.55. The molecule has 2 rings (SSSR count). The van der Waals surface area contributed by atoms with Crippen molar-refractivity contribution in [3.8, 4) is 11.5 Å². The summed E-state index contributed by atoms with van der Waals surface area (Å²) in [7, 11) is 0. The monoisotopic (exact) mass is 272 g/mol. The standard InChI is InChI=1S/C15H16N2OS/c1-9-6-10(2)11(3)14(7-9)18-12-4-5-17-13(8-12)15(16)19/h4-8H,1-3H3,(H2,16,19). The van der Waals surface area contributed by atoms with Crippen LogP contribution in [0.4, 0.5) is 0 Å². The van der Waals surface area contributed by atoms with Crippen LogP contribution >= 0.6 is 12.2 Å². The maximum Gasteiger partial charge on any atom is 0.131 e. The molecule has 19 heavy (non-hydrogen) atoms. The summed E-state index contributed by atoms with van der Waals surface area (Å²) < 4.78 is 5.91. The number of pyridine rings is 1. The number of hydrogen-bond acceptors (Lipinski definition) is 3. The first-order chi connectivity index (χ1) is 8.97. The summed E-state index contributed by atoms with van der Waals surface area (Å²) >= 11 is 4.91. The number of benzene rings is 1. The lowest BCUT2D eigenvalue weighted by Crippen LogP contribution is -2.11. The minimum Gasteiger partial charge on any atom is -0.457 e. The molecule has 0 aliphatic heterocycles. The highest BCUT2D eigenvalue weighted by Gasteiger charge is 2.07. The summed E-state index contributed by atoms with van der Waals surface area (Å²) in [6.07, 6.45) is 1.64. The van der Waals surface area contributed by atoms with Crippen molar-refractivity contribution in [1.29, 1.82) is 0 Å². The van der Waals surface area contributed by atoms with Crippen LogP contribution in [-0.2, 0) is 0 Å². The Hall–Kier alpha value is -1.94. The fourth-order valence-electron chi connectivity index (χ4n) is 1.84. The number of nitrogens with zero attached hydrogens (tertiary/aromatic N) is 1. The van der Waals surface area contributed by atoms with Gasteiger partial charge in [0, 0.05) is 12.3 Å². The van der Waals surface area contributed by atoms with Crippen molar-refractivity contribution in [2.75, 3.05) is 0 Å². The molecule has 0 amide bonds. The third kappa shape index (κ3) is 3.09. The summed E-state index contributed by atoms with van der Waals surface area (Å²) in [4.78, 5) is 4.36. The Morgan fingerprint density at radius 2 is 1.95 bits per heavy atom. The zero-order valence-electron chi connectivity index (χ0n) is 11.2. The summed E-state index contributed by atoms with van der Waals surface area (Å²) in [5.41, 5.74) is 9.63. The van der Waals surface area contributed by atoms with Gasteiger partial charge >= 0.3 is 0 Å². The number of hydrogen-bond donors (Lipinski definition) is 1. The Morgan fingerprint density at radius 1 is 1.21 bits per heavy atom. The molecule has 98 valence electrons. The Labute approximate surface area is 118 Å². The molecule has 0 fully saturated rings. The molecular weight excluding hydrogens is 256 g/mol. The lowest BCUT2D eigenvalue weighted by Gasteiger charge is -2.12. The Kier molecular flexibility index (Phi) is 3.81. The van der Waals surface area contributed by atoms with Gasteiger partial charge in [-0.25, -0.2) is 0 Å². The molecule has 1 aromatic heterocycles. The van der Waals surface area contributed by atoms with E-state index >= 15 is 0 Å². The van der Waals surface area contributed by atoms with Gasteiger partial charge in [0.05, 0.1) is 0 Å². The van der Waals surface area contributed by atoms with Crippen LogP contribution in [0.1, 0.15) is 22.4 Å². The SMILES string of the molecule is Cc1cc(C)c(C)c(Oc2ccnc(C(N)=S)c2)c1. The average molecular weight is 272 g/mol. The zero-order chi connectivity index (χ0) is 14.0. The average Bonchev–Trinajstić information content (AvgIpc) is 2.35. The van der Waals surface area contributed by atoms with Crippen molar-refractivity contribution in [3.05, 3.63) is 52.8 Å². The third-order valence-corrected chi connectivity index (χ3v) is 3.18. The van der Waals surface area contributed by atoms with Gasteiger partial charge in [0.15, 0.2) is 0 Å². The molecule has 0 spiro atoms. The minimum absolute atomic E-state index is 0.266. The molecule has 0 saturated heterocycles. The molecule has 0 radical (unpaired) electrons. The highest BCUT2D eigenvalue weighted by molar-refractivity contribution is 7.80. The van der Waals surface area contributed by atoms with E-state index in [9.17, 15) is 0 Å². The van der Waals surface area contributed by atoms with Crippen molar-refractivity contribution in [2.24, 2.45) is 5.73 Å². The fraction of sp³-hybridized carbons (Fsp3) is 0.200. The molecule has 4 heteroatoms. The van der Waals surface area contributed by atoms with E-state index in [2.05, 4.69) is 18.0 Å². The highest BCUT2D eigenvalue weighted by atomic mass is 32.1. The molecule has 1 aromatic carbocycles. The van der Waals surface area contributed by atoms with E-state index in [1.807, 2.05) is 19.9 Å². The topological polar surface area (TPSA) is 48.1 Å². The van der Waals surface area contributed by atoms with E-state index in [-0.39, 0.29) is 4.99 Å². The second-order valence-corrected chi connectivity index (χ2v) is 4.99. The smallest absolute Gasteiger partial charge is 0.131 e. The predicted octanol–water partition coefficient (Wildman–Crippen LogP) is 3.43. The van der Waals surface area contributed by atoms with Gasteiger partial charge in [0.1, 0.15) is 22.2 Å². The first-order valence-electron chi connectivity index (χ1n) is 5.99. The Morgan fingerprint density at radius 3 is 2.63 bits per heavy atom. The zero-order valence-corrected chi connectivity index (χ0v) is 12.0. The molecule has 2 aromatic rings. The second kappa shape index (κ2) is 5.36. The van der Waals surface area contributed by atoms with Crippen LogP contribution < -0.4 is 10.5 Å². The Bertz CT molecular complexity index is 638. The van der Waals surface area contributed by atoms with Crippen molar-refractivity contribution in [2.45, 2.75) is 20.8 Å². The van der Waals surface area contributed by atoms with Crippen LogP contribution in [-0.4, -0.2) is 9.97 Å². The predicted molar refractivity (Wildman–Crippen MR) is 80.9 cm³/mol. The van der Waals surface area contributed by atoms with Crippen LogP contribution in [0.15, 0.2) is 30.5 Å². The number of ether oxygens (including phenoxy) is 1. The summed E-state index contributed by atoms with van der Waals surface area (Å²) in [6.45, 7) is 6.16. The van der Waals surface area contributed by atoms with Gasteiger partial charge < -0.3 is 10.5 Å². The van der Waals surface area contributed by atoms with Gasteiger partial charge in [-0.05, 0) is 49.6 Å². The highest BCUT2D eigenvalue weighted by Crippen LogP contribution is 2.28. The molecule has 1 heterocycles. The minimum atomic E-state index is 0.266. The molecular formula is C15H16N2OS. The van der Waals surface area contributed by atoms with E-state index in [0.717, 1.165) is 11.3 Å². The molecule has 0 aliphatic carbocycles. The van der Waals surface area contributed by atoms with Crippen LogP contribution in [0.2, 0.25) is 0 Å². The molecule has 0 aliphatic rings. The van der Waals surface area contributed by atoms with E-state index < -0.39 is 0 Å². The van der Waals surface area contributed by atoms with Crippen LogP contribution in [0.25, 0.3) is 0 Å². The van der Waals surface area contributed by atoms with Gasteiger partial charge in [-0.1, -0.05) is 18.3 Å². The lowest BCUT2D eigenvalue weighted by atomic mass is 10.1. The van der Waals surface area contributed by atoms with E-state index in [1.54, 1.807) is 18.3 Å². The van der Waals surface area contributed by atoms with Gasteiger partial charge in [-0.15, -0.1) is 0 Å². The van der Waals surface area contributed by atoms with E-state index in [4.69, 9.17) is 22.7 Å². The molecule has 3 nitrogen and oxygen atoms in total. The molecule has 0 unspecified atom stereocenters.